The van der Waals surface area contributed by atoms with Crippen molar-refractivity contribution in [2.24, 2.45) is 0 Å². The third-order valence-electron chi connectivity index (χ3n) is 3.42. The normalized spacial score (nSPS) is 10.8. The largest absolute Gasteiger partial charge is 0.369 e. The molecule has 0 atom stereocenters. The van der Waals surface area contributed by atoms with Gasteiger partial charge >= 0.3 is 0 Å². The van der Waals surface area contributed by atoms with Crippen molar-refractivity contribution in [2.45, 2.75) is 12.8 Å². The Morgan fingerprint density at radius 2 is 1.82 bits per heavy atom. The van der Waals surface area contributed by atoms with Gasteiger partial charge in [-0.1, -0.05) is 12.1 Å². The number of aryl methyl sites for hydroxylation is 1. The summed E-state index contributed by atoms with van der Waals surface area (Å²) < 4.78 is 26.4. The highest BCUT2D eigenvalue weighted by Gasteiger charge is 2.04. The summed E-state index contributed by atoms with van der Waals surface area (Å²) in [5.41, 5.74) is 1.66. The van der Waals surface area contributed by atoms with E-state index in [4.69, 9.17) is 0 Å². The third-order valence-corrected chi connectivity index (χ3v) is 3.42. The molecule has 0 unspecified atom stereocenters. The molecule has 2 aromatic carbocycles. The molecule has 0 saturated carbocycles. The van der Waals surface area contributed by atoms with E-state index in [0.717, 1.165) is 18.4 Å². The number of nitrogens with one attached hydrogen (secondary N) is 1. The van der Waals surface area contributed by atoms with Crippen LogP contribution in [0.4, 0.5) is 14.6 Å². The van der Waals surface area contributed by atoms with Crippen LogP contribution in [0.3, 0.4) is 0 Å². The molecule has 3 nitrogen and oxygen atoms in total. The van der Waals surface area contributed by atoms with Crippen molar-refractivity contribution in [1.29, 1.82) is 0 Å². The van der Waals surface area contributed by atoms with Crippen molar-refractivity contribution >= 4 is 16.7 Å². The Kier molecular flexibility index (Phi) is 4.23. The van der Waals surface area contributed by atoms with E-state index in [1.165, 1.54) is 30.6 Å². The average Bonchev–Trinajstić information content (AvgIpc) is 2.52. The van der Waals surface area contributed by atoms with Crippen LogP contribution in [0.25, 0.3) is 10.9 Å². The van der Waals surface area contributed by atoms with Gasteiger partial charge in [0.15, 0.2) is 0 Å². The summed E-state index contributed by atoms with van der Waals surface area (Å²) in [5, 5.41) is 3.85. The van der Waals surface area contributed by atoms with Gasteiger partial charge in [-0.3, -0.25) is 0 Å². The molecule has 3 rings (SSSR count). The van der Waals surface area contributed by atoms with Gasteiger partial charge in [-0.05, 0) is 48.7 Å². The molecule has 0 aliphatic rings. The Hall–Kier alpha value is -2.56. The van der Waals surface area contributed by atoms with Crippen LogP contribution in [-0.2, 0) is 6.42 Å². The predicted octanol–water partition coefficient (Wildman–Crippen LogP) is 3.95. The zero-order chi connectivity index (χ0) is 15.4. The highest BCUT2D eigenvalue weighted by molar-refractivity contribution is 5.88. The quantitative estimate of drug-likeness (QED) is 0.725. The van der Waals surface area contributed by atoms with Gasteiger partial charge in [0.25, 0.3) is 0 Å². The van der Waals surface area contributed by atoms with E-state index in [9.17, 15) is 8.78 Å². The summed E-state index contributed by atoms with van der Waals surface area (Å²) in [7, 11) is 0. The molecular formula is C17H15F2N3. The summed E-state index contributed by atoms with van der Waals surface area (Å²) in [6, 6.07) is 11.0. The highest BCUT2D eigenvalue weighted by atomic mass is 19.1. The molecule has 0 amide bonds. The van der Waals surface area contributed by atoms with E-state index in [2.05, 4.69) is 15.3 Å². The molecule has 0 spiro atoms. The van der Waals surface area contributed by atoms with E-state index < -0.39 is 0 Å². The fourth-order valence-corrected chi connectivity index (χ4v) is 2.36. The van der Waals surface area contributed by atoms with Gasteiger partial charge < -0.3 is 5.32 Å². The monoisotopic (exact) mass is 299 g/mol. The second-order valence-electron chi connectivity index (χ2n) is 5.04. The molecule has 1 heterocycles. The smallest absolute Gasteiger partial charge is 0.137 e. The topological polar surface area (TPSA) is 37.8 Å². The first-order chi connectivity index (χ1) is 10.7. The fraction of sp³-hybridized carbons (Fsp3) is 0.176. The van der Waals surface area contributed by atoms with Crippen molar-refractivity contribution in [1.82, 2.24) is 9.97 Å². The molecule has 0 aliphatic carbocycles. The van der Waals surface area contributed by atoms with Crippen LogP contribution in [0.1, 0.15) is 12.0 Å². The zero-order valence-corrected chi connectivity index (χ0v) is 11.9. The summed E-state index contributed by atoms with van der Waals surface area (Å²) >= 11 is 0. The lowest BCUT2D eigenvalue weighted by molar-refractivity contribution is 0.624. The molecular weight excluding hydrogens is 284 g/mol. The maximum absolute atomic E-state index is 13.3. The minimum Gasteiger partial charge on any atom is -0.369 e. The van der Waals surface area contributed by atoms with Gasteiger partial charge in [0.1, 0.15) is 23.8 Å². The lowest BCUT2D eigenvalue weighted by atomic mass is 10.1. The minimum atomic E-state index is -0.315. The predicted molar refractivity (Wildman–Crippen MR) is 82.7 cm³/mol. The Labute approximate surface area is 127 Å². The number of anilines is 1. The van der Waals surface area contributed by atoms with Gasteiger partial charge in [0, 0.05) is 11.9 Å². The maximum Gasteiger partial charge on any atom is 0.137 e. The first kappa shape index (κ1) is 14.4. The molecule has 1 N–H and O–H groups in total. The summed E-state index contributed by atoms with van der Waals surface area (Å²) in [6.45, 7) is 0.666. The summed E-state index contributed by atoms with van der Waals surface area (Å²) in [6.07, 6.45) is 3.04. The SMILES string of the molecule is Fc1cccc(CCCNc2ncnc3ccc(F)cc23)c1. The number of fused-ring (bicyclic) bond motifs is 1. The van der Waals surface area contributed by atoms with E-state index in [1.807, 2.05) is 6.07 Å². The lowest BCUT2D eigenvalue weighted by Gasteiger charge is -2.08. The molecule has 0 saturated heterocycles. The van der Waals surface area contributed by atoms with Crippen molar-refractivity contribution in [3.63, 3.8) is 0 Å². The van der Waals surface area contributed by atoms with Crippen molar-refractivity contribution in [3.05, 3.63) is 66.0 Å². The highest BCUT2D eigenvalue weighted by Crippen LogP contribution is 2.20. The maximum atomic E-state index is 13.3. The van der Waals surface area contributed by atoms with Crippen LogP contribution in [-0.4, -0.2) is 16.5 Å². The van der Waals surface area contributed by atoms with E-state index in [1.54, 1.807) is 12.1 Å². The van der Waals surface area contributed by atoms with E-state index in [-0.39, 0.29) is 11.6 Å². The zero-order valence-electron chi connectivity index (χ0n) is 11.9. The van der Waals surface area contributed by atoms with Gasteiger partial charge in [-0.25, -0.2) is 18.7 Å². The van der Waals surface area contributed by atoms with Crippen LogP contribution in [0, 0.1) is 11.6 Å². The molecule has 112 valence electrons. The number of benzene rings is 2. The van der Waals surface area contributed by atoms with Crippen molar-refractivity contribution in [3.8, 4) is 0 Å². The molecule has 22 heavy (non-hydrogen) atoms. The van der Waals surface area contributed by atoms with Gasteiger partial charge in [-0.2, -0.15) is 0 Å². The van der Waals surface area contributed by atoms with Crippen LogP contribution in [0.15, 0.2) is 48.8 Å². The van der Waals surface area contributed by atoms with Crippen LogP contribution in [0.5, 0.6) is 0 Å². The number of nitrogens with zero attached hydrogens (tertiary/aromatic N) is 2. The number of hydrogen-bond donors (Lipinski definition) is 1. The Bertz CT molecular complexity index is 790. The average molecular weight is 299 g/mol. The fourth-order valence-electron chi connectivity index (χ4n) is 2.36. The van der Waals surface area contributed by atoms with E-state index >= 15 is 0 Å². The molecule has 0 radical (unpaired) electrons. The first-order valence-electron chi connectivity index (χ1n) is 7.11. The molecule has 0 bridgehead atoms. The van der Waals surface area contributed by atoms with E-state index in [0.29, 0.717) is 23.3 Å². The molecule has 0 fully saturated rings. The minimum absolute atomic E-state index is 0.220. The van der Waals surface area contributed by atoms with Crippen LogP contribution in [0.2, 0.25) is 0 Å². The second kappa shape index (κ2) is 6.47. The third kappa shape index (κ3) is 3.36. The Morgan fingerprint density at radius 1 is 0.955 bits per heavy atom. The molecule has 0 aliphatic heterocycles. The van der Waals surface area contributed by atoms with Crippen LogP contribution < -0.4 is 5.32 Å². The summed E-state index contributed by atoms with van der Waals surface area (Å²) in [4.78, 5) is 8.27. The Morgan fingerprint density at radius 3 is 2.68 bits per heavy atom. The number of rotatable bonds is 5. The standard InChI is InChI=1S/C17H15F2N3/c18-13-5-1-3-12(9-13)4-2-8-20-17-15-10-14(19)6-7-16(15)21-11-22-17/h1,3,5-7,9-11H,2,4,8H2,(H,20,21,22). The molecule has 1 aromatic heterocycles. The van der Waals surface area contributed by atoms with Crippen molar-refractivity contribution in [2.75, 3.05) is 11.9 Å². The van der Waals surface area contributed by atoms with Gasteiger partial charge in [0.05, 0.1) is 5.52 Å². The number of aromatic nitrogens is 2. The molecule has 3 aromatic rings. The second-order valence-corrected chi connectivity index (χ2v) is 5.04. The molecule has 5 heteroatoms. The van der Waals surface area contributed by atoms with Gasteiger partial charge in [-0.15, -0.1) is 0 Å². The van der Waals surface area contributed by atoms with Gasteiger partial charge in [0.2, 0.25) is 0 Å². The number of hydrogen-bond acceptors (Lipinski definition) is 3. The lowest BCUT2D eigenvalue weighted by Crippen LogP contribution is -2.05. The first-order valence-corrected chi connectivity index (χ1v) is 7.11. The number of halogens is 2. The van der Waals surface area contributed by atoms with Crippen molar-refractivity contribution < 1.29 is 8.78 Å². The van der Waals surface area contributed by atoms with Crippen LogP contribution >= 0.6 is 0 Å². The summed E-state index contributed by atoms with van der Waals surface area (Å²) in [5.74, 6) is 0.0802. The Balaban J connectivity index is 1.63.